The molecule has 0 saturated heterocycles. The van der Waals surface area contributed by atoms with Crippen LogP contribution in [0, 0.1) is 11.7 Å². The van der Waals surface area contributed by atoms with Crippen LogP contribution in [0.1, 0.15) is 35.3 Å². The van der Waals surface area contributed by atoms with Gasteiger partial charge in [0, 0.05) is 24.6 Å². The zero-order chi connectivity index (χ0) is 16.3. The van der Waals surface area contributed by atoms with Crippen molar-refractivity contribution in [2.24, 2.45) is 5.92 Å². The maximum Gasteiger partial charge on any atom is 0.226 e. The lowest BCUT2D eigenvalue weighted by atomic mass is 10.0. The molecule has 2 aromatic heterocycles. The molecule has 1 atom stereocenters. The molecule has 1 aromatic carbocycles. The number of fused-ring (bicyclic) bond motifs is 2. The number of hydrogen-bond acceptors (Lipinski definition) is 4. The van der Waals surface area contributed by atoms with E-state index in [1.165, 1.54) is 17.4 Å². The van der Waals surface area contributed by atoms with Gasteiger partial charge in [-0.05, 0) is 25.0 Å². The van der Waals surface area contributed by atoms with E-state index in [1.807, 2.05) is 4.90 Å². The number of thiazole rings is 1. The molecule has 1 N–H and O–H groups in total. The molecule has 1 aliphatic heterocycles. The number of H-pyrrole nitrogens is 1. The second kappa shape index (κ2) is 5.11. The second-order valence-electron chi connectivity index (χ2n) is 6.36. The Bertz CT molecular complexity index is 945. The minimum atomic E-state index is -0.315. The van der Waals surface area contributed by atoms with Crippen molar-refractivity contribution in [1.29, 1.82) is 0 Å². The summed E-state index contributed by atoms with van der Waals surface area (Å²) in [6, 6.07) is 4.59. The Morgan fingerprint density at radius 1 is 1.38 bits per heavy atom. The number of nitrogens with zero attached hydrogens (tertiary/aromatic N) is 3. The SMILES string of the molecule is O=C(C1CC1)N1CCc2[nH]cnc2[C@H]1c1nc2cccc(F)c2s1. The molecule has 0 bridgehead atoms. The minimum Gasteiger partial charge on any atom is -0.348 e. The number of nitrogens with one attached hydrogen (secondary N) is 1. The fourth-order valence-electron chi connectivity index (χ4n) is 3.38. The lowest BCUT2D eigenvalue weighted by Gasteiger charge is -2.33. The van der Waals surface area contributed by atoms with Crippen LogP contribution < -0.4 is 0 Å². The third kappa shape index (κ3) is 2.07. The fourth-order valence-corrected chi connectivity index (χ4v) is 4.47. The first-order valence-corrected chi connectivity index (χ1v) is 8.91. The van der Waals surface area contributed by atoms with E-state index in [2.05, 4.69) is 15.0 Å². The van der Waals surface area contributed by atoms with Gasteiger partial charge in [0.15, 0.2) is 0 Å². The van der Waals surface area contributed by atoms with Crippen LogP contribution in [0.25, 0.3) is 10.2 Å². The number of carbonyl (C=O) groups excluding carboxylic acids is 1. The van der Waals surface area contributed by atoms with Crippen molar-refractivity contribution in [3.8, 4) is 0 Å². The molecule has 1 aliphatic carbocycles. The van der Waals surface area contributed by atoms with Crippen LogP contribution in [0.15, 0.2) is 24.5 Å². The van der Waals surface area contributed by atoms with E-state index in [-0.39, 0.29) is 23.7 Å². The number of aromatic nitrogens is 3. The van der Waals surface area contributed by atoms with Crippen LogP contribution >= 0.6 is 11.3 Å². The van der Waals surface area contributed by atoms with Crippen molar-refractivity contribution in [2.75, 3.05) is 6.54 Å². The van der Waals surface area contributed by atoms with E-state index in [0.717, 1.165) is 35.7 Å². The number of hydrogen-bond donors (Lipinski definition) is 1. The average molecular weight is 342 g/mol. The molecule has 3 heterocycles. The first kappa shape index (κ1) is 14.1. The Balaban J connectivity index is 1.65. The van der Waals surface area contributed by atoms with Gasteiger partial charge in [-0.15, -0.1) is 11.3 Å². The third-order valence-electron chi connectivity index (χ3n) is 4.75. The van der Waals surface area contributed by atoms with Gasteiger partial charge in [0.05, 0.1) is 22.2 Å². The molecule has 2 aliphatic rings. The Morgan fingerprint density at radius 3 is 3.04 bits per heavy atom. The Kier molecular flexibility index (Phi) is 3.00. The van der Waals surface area contributed by atoms with Gasteiger partial charge in [0.1, 0.15) is 16.9 Å². The molecule has 3 aromatic rings. The van der Waals surface area contributed by atoms with Crippen molar-refractivity contribution in [3.05, 3.63) is 46.7 Å². The van der Waals surface area contributed by atoms with Gasteiger partial charge in [-0.3, -0.25) is 4.79 Å². The lowest BCUT2D eigenvalue weighted by molar-refractivity contribution is -0.134. The predicted octanol–water partition coefficient (Wildman–Crippen LogP) is 3.04. The molecule has 122 valence electrons. The number of amides is 1. The van der Waals surface area contributed by atoms with Crippen LogP contribution in [-0.4, -0.2) is 32.3 Å². The number of benzene rings is 1. The van der Waals surface area contributed by atoms with Crippen LogP contribution in [0.5, 0.6) is 0 Å². The summed E-state index contributed by atoms with van der Waals surface area (Å²) in [7, 11) is 0. The van der Waals surface area contributed by atoms with Crippen molar-refractivity contribution >= 4 is 27.5 Å². The van der Waals surface area contributed by atoms with Gasteiger partial charge in [-0.1, -0.05) is 6.07 Å². The number of halogens is 1. The first-order chi connectivity index (χ1) is 11.7. The highest BCUT2D eigenvalue weighted by Gasteiger charge is 2.41. The van der Waals surface area contributed by atoms with Gasteiger partial charge in [-0.2, -0.15) is 0 Å². The smallest absolute Gasteiger partial charge is 0.226 e. The van der Waals surface area contributed by atoms with Crippen molar-refractivity contribution in [3.63, 3.8) is 0 Å². The van der Waals surface area contributed by atoms with Crippen LogP contribution in [0.3, 0.4) is 0 Å². The van der Waals surface area contributed by atoms with Gasteiger partial charge in [0.25, 0.3) is 0 Å². The summed E-state index contributed by atoms with van der Waals surface area (Å²) in [6.45, 7) is 0.646. The fraction of sp³-hybridized carbons (Fsp3) is 0.353. The molecule has 0 spiro atoms. The van der Waals surface area contributed by atoms with Crippen LogP contribution in [0.2, 0.25) is 0 Å². The van der Waals surface area contributed by atoms with E-state index in [4.69, 9.17) is 0 Å². The quantitative estimate of drug-likeness (QED) is 0.779. The molecule has 0 unspecified atom stereocenters. The van der Waals surface area contributed by atoms with Crippen molar-refractivity contribution in [2.45, 2.75) is 25.3 Å². The monoisotopic (exact) mass is 342 g/mol. The summed E-state index contributed by atoms with van der Waals surface area (Å²) in [4.78, 5) is 26.9. The molecule has 1 saturated carbocycles. The molecule has 1 fully saturated rings. The summed E-state index contributed by atoms with van der Waals surface area (Å²) >= 11 is 1.32. The van der Waals surface area contributed by atoms with E-state index in [9.17, 15) is 9.18 Å². The largest absolute Gasteiger partial charge is 0.348 e. The van der Waals surface area contributed by atoms with Gasteiger partial charge < -0.3 is 9.88 Å². The number of rotatable bonds is 2. The lowest BCUT2D eigenvalue weighted by Crippen LogP contribution is -2.41. The highest BCUT2D eigenvalue weighted by Crippen LogP contribution is 2.41. The van der Waals surface area contributed by atoms with Crippen LogP contribution in [-0.2, 0) is 11.2 Å². The topological polar surface area (TPSA) is 61.9 Å². The summed E-state index contributed by atoms with van der Waals surface area (Å²) in [5.41, 5.74) is 2.52. The molecular formula is C17H15FN4OS. The van der Waals surface area contributed by atoms with E-state index < -0.39 is 0 Å². The molecule has 1 amide bonds. The van der Waals surface area contributed by atoms with E-state index >= 15 is 0 Å². The molecule has 7 heteroatoms. The van der Waals surface area contributed by atoms with Crippen LogP contribution in [0.4, 0.5) is 4.39 Å². The second-order valence-corrected chi connectivity index (χ2v) is 7.40. The predicted molar refractivity (Wildman–Crippen MR) is 88.1 cm³/mol. The highest BCUT2D eigenvalue weighted by molar-refractivity contribution is 7.18. The first-order valence-electron chi connectivity index (χ1n) is 8.10. The van der Waals surface area contributed by atoms with E-state index in [1.54, 1.807) is 18.5 Å². The number of carbonyl (C=O) groups is 1. The molecular weight excluding hydrogens is 327 g/mol. The third-order valence-corrected chi connectivity index (χ3v) is 5.88. The Morgan fingerprint density at radius 2 is 2.25 bits per heavy atom. The molecule has 0 radical (unpaired) electrons. The molecule has 5 nitrogen and oxygen atoms in total. The Labute approximate surface area is 141 Å². The average Bonchev–Trinajstić information content (AvgIpc) is 3.16. The van der Waals surface area contributed by atoms with E-state index in [0.29, 0.717) is 16.8 Å². The zero-order valence-electron chi connectivity index (χ0n) is 12.8. The summed E-state index contributed by atoms with van der Waals surface area (Å²) in [5, 5.41) is 0.733. The Hall–Kier alpha value is -2.28. The maximum atomic E-state index is 14.1. The maximum absolute atomic E-state index is 14.1. The number of aromatic amines is 1. The van der Waals surface area contributed by atoms with Gasteiger partial charge in [-0.25, -0.2) is 14.4 Å². The zero-order valence-corrected chi connectivity index (χ0v) is 13.6. The summed E-state index contributed by atoms with van der Waals surface area (Å²) < 4.78 is 14.6. The van der Waals surface area contributed by atoms with Crippen molar-refractivity contribution in [1.82, 2.24) is 19.9 Å². The number of imidazole rings is 1. The van der Waals surface area contributed by atoms with Crippen molar-refractivity contribution < 1.29 is 9.18 Å². The molecule has 24 heavy (non-hydrogen) atoms. The standard InChI is InChI=1S/C17H15FN4OS/c18-10-2-1-3-12-15(10)24-16(21-12)14-13-11(19-8-20-13)6-7-22(14)17(23)9-4-5-9/h1-3,8-9,14H,4-7H2,(H,19,20)/t14-/m0/s1. The van der Waals surface area contributed by atoms with Gasteiger partial charge >= 0.3 is 0 Å². The summed E-state index contributed by atoms with van der Waals surface area (Å²) in [5.74, 6) is 0.0434. The van der Waals surface area contributed by atoms with Gasteiger partial charge in [0.2, 0.25) is 5.91 Å². The summed E-state index contributed by atoms with van der Waals surface area (Å²) in [6.07, 6.45) is 4.36. The molecule has 5 rings (SSSR count). The normalized spacial score (nSPS) is 20.4. The highest BCUT2D eigenvalue weighted by atomic mass is 32.1. The minimum absolute atomic E-state index is 0.138.